The highest BCUT2D eigenvalue weighted by Crippen LogP contribution is 2.45. The molecule has 0 fully saturated rings. The monoisotopic (exact) mass is 1960 g/mol. The van der Waals surface area contributed by atoms with Crippen molar-refractivity contribution in [3.05, 3.63) is 452 Å². The van der Waals surface area contributed by atoms with Gasteiger partial charge in [0.15, 0.2) is 0 Å². The Labute approximate surface area is 810 Å². The van der Waals surface area contributed by atoms with Crippen LogP contribution in [0.3, 0.4) is 0 Å². The highest BCUT2D eigenvalue weighted by molar-refractivity contribution is 5.76. The van der Waals surface area contributed by atoms with E-state index < -0.39 is 116 Å². The Bertz CT molecular complexity index is 6940. The van der Waals surface area contributed by atoms with Gasteiger partial charge in [-0.05, 0) is 277 Å². The number of benzene rings is 16. The van der Waals surface area contributed by atoms with E-state index in [2.05, 4.69) is 39.7 Å². The maximum atomic E-state index is 15.0. The van der Waals surface area contributed by atoms with Crippen LogP contribution < -0.4 is 18.9 Å². The summed E-state index contributed by atoms with van der Waals surface area (Å²) in [6.07, 6.45) is -6.73. The molecule has 24 heteroatoms. The zero-order valence-corrected chi connectivity index (χ0v) is 78.3. The lowest BCUT2D eigenvalue weighted by Gasteiger charge is -2.20. The highest BCUT2D eigenvalue weighted by Gasteiger charge is 2.45. The van der Waals surface area contributed by atoms with Crippen molar-refractivity contribution in [2.45, 2.75) is 144 Å². The largest absolute Gasteiger partial charge is 0.432 e. The van der Waals surface area contributed by atoms with E-state index in [4.69, 9.17) is 0 Å². The zero-order chi connectivity index (χ0) is 102. The van der Waals surface area contributed by atoms with E-state index in [0.29, 0.717) is 70.8 Å². The Balaban J connectivity index is 0.000000159. The molecule has 142 heavy (non-hydrogen) atoms. The van der Waals surface area contributed by atoms with Crippen molar-refractivity contribution >= 4 is 0 Å². The van der Waals surface area contributed by atoms with E-state index in [1.807, 2.05) is 104 Å². The van der Waals surface area contributed by atoms with Crippen LogP contribution in [0, 0.1) is 97.5 Å². The molecule has 0 spiro atoms. The minimum Gasteiger partial charge on any atom is -0.429 e. The quantitative estimate of drug-likeness (QED) is 0.0332. The molecule has 0 bridgehead atoms. The first kappa shape index (κ1) is 105. The van der Waals surface area contributed by atoms with Gasteiger partial charge >= 0.3 is 24.4 Å². The van der Waals surface area contributed by atoms with Gasteiger partial charge in [-0.25, -0.2) is 52.7 Å². The molecule has 0 N–H and O–H groups in total. The maximum absolute atomic E-state index is 15.0. The average molecular weight is 1960 g/mol. The SMILES string of the molecule is CCCCCc1ccc(-c2ccc(-c3cc(F)c(C(F)(F)Oc4ccc(C)cc4)c(F)c3)c(F)c2)cc1.CCCCc1ccc(-c2ccc(-c3cc(F)c(C(F)(F)Oc4ccc(C)cc4)c(F)c3)c(F)c2)cc1.CCCc1ccc(-c2ccc(-c3cc(F)c(C(F)(F)Oc4ccc(C)cc4)c(F)c3)c(F)c2)cc1.CCc1ccc(-c2ccc(-c3cc(F)c(C(F)(F)Oc4ccc(C)cc4)c(F)c3)c(F)c2)cc1. The lowest BCUT2D eigenvalue weighted by atomic mass is 9.97. The summed E-state index contributed by atoms with van der Waals surface area (Å²) in [5.74, 6) is -16.2. The van der Waals surface area contributed by atoms with Gasteiger partial charge in [0.05, 0.1) is 0 Å². The second-order valence-electron chi connectivity index (χ2n) is 34.2. The molecule has 0 saturated heterocycles. The number of ether oxygens (including phenoxy) is 4. The zero-order valence-electron chi connectivity index (χ0n) is 78.3. The molecule has 0 radical (unpaired) electrons. The lowest BCUT2D eigenvalue weighted by Crippen LogP contribution is -2.25. The number of hydrogen-bond donors (Lipinski definition) is 0. The summed E-state index contributed by atoms with van der Waals surface area (Å²) in [6.45, 7) is 15.4. The third-order valence-corrected chi connectivity index (χ3v) is 23.5. The van der Waals surface area contributed by atoms with Crippen LogP contribution in [0.1, 0.15) is 133 Å². The van der Waals surface area contributed by atoms with Gasteiger partial charge in [-0.1, -0.05) is 270 Å². The molecule has 732 valence electrons. The Morgan fingerprint density at radius 2 is 0.373 bits per heavy atom. The van der Waals surface area contributed by atoms with Crippen molar-refractivity contribution in [3.8, 4) is 112 Å². The van der Waals surface area contributed by atoms with E-state index in [9.17, 15) is 83.4 Å². The first-order valence-corrected chi connectivity index (χ1v) is 45.8. The van der Waals surface area contributed by atoms with Gasteiger partial charge in [-0.15, -0.1) is 0 Å². The van der Waals surface area contributed by atoms with Gasteiger partial charge < -0.3 is 18.9 Å². The van der Waals surface area contributed by atoms with Crippen LogP contribution in [-0.4, -0.2) is 0 Å². The van der Waals surface area contributed by atoms with E-state index >= 15 is 4.39 Å². The van der Waals surface area contributed by atoms with Gasteiger partial charge in [0.1, 0.15) is 115 Å². The summed E-state index contributed by atoms with van der Waals surface area (Å²) in [7, 11) is 0. The van der Waals surface area contributed by atoms with Crippen LogP contribution in [0.2, 0.25) is 0 Å². The highest BCUT2D eigenvalue weighted by atomic mass is 19.3. The van der Waals surface area contributed by atoms with Gasteiger partial charge in [-0.3, -0.25) is 0 Å². The predicted molar refractivity (Wildman–Crippen MR) is 517 cm³/mol. The number of halogens is 20. The Hall–Kier alpha value is -14.7. The maximum Gasteiger partial charge on any atom is 0.432 e. The number of alkyl halides is 8. The van der Waals surface area contributed by atoms with E-state index in [-0.39, 0.29) is 67.5 Å². The molecule has 16 aromatic rings. The average Bonchev–Trinajstić information content (AvgIpc) is 0.783. The fourth-order valence-electron chi connectivity index (χ4n) is 15.7. The second kappa shape index (κ2) is 46.2. The van der Waals surface area contributed by atoms with E-state index in [0.717, 1.165) is 114 Å². The molecule has 16 rings (SSSR count). The summed E-state index contributed by atoms with van der Waals surface area (Å²) < 4.78 is 313. The summed E-state index contributed by atoms with van der Waals surface area (Å²) in [5.41, 5.74) is 6.08. The van der Waals surface area contributed by atoms with Gasteiger partial charge in [0, 0.05) is 22.3 Å². The number of hydrogen-bond acceptors (Lipinski definition) is 4. The second-order valence-corrected chi connectivity index (χ2v) is 34.2. The number of aryl methyl sites for hydroxylation is 8. The summed E-state index contributed by atoms with van der Waals surface area (Å²) in [6, 6.07) is 75.8. The van der Waals surface area contributed by atoms with Crippen molar-refractivity contribution in [2.75, 3.05) is 0 Å². The fourth-order valence-corrected chi connectivity index (χ4v) is 15.7. The number of rotatable bonds is 30. The molecule has 0 amide bonds. The summed E-state index contributed by atoms with van der Waals surface area (Å²) in [4.78, 5) is 0. The molecule has 16 aromatic carbocycles. The third kappa shape index (κ3) is 26.3. The standard InChI is InChI=1S/C31H27F5O.C30H25F5O.C29H23F5O.C28H21F5O/c1-3-4-5-6-21-9-11-22(12-10-21)23-13-16-26(27(32)17-23)24-18-28(33)30(29(34)19-24)31(35,36)37-25-14-7-20(2)8-15-25;1-3-4-5-20-8-10-21(11-9-20)22-12-15-25(26(31)16-22)23-17-27(32)29(28(33)18-23)30(34,35)36-24-13-6-19(2)7-14-24;1-3-4-19-7-9-20(10-8-19)21-11-14-24(25(30)15-21)22-16-26(31)28(27(32)17-22)29(33,34)35-23-12-5-18(2)6-13-23;1-3-18-6-8-19(9-7-18)20-10-13-23(24(29)14-20)21-15-25(30)27(26(31)16-21)28(32,33)34-22-11-4-17(2)5-12-22/h7-19H,3-6H2,1-2H3;6-18H,3-5H2,1-2H3;5-17H,3-4H2,1-2H3;4-16H,3H2,1-2H3. The van der Waals surface area contributed by atoms with E-state index in [1.165, 1.54) is 162 Å². The normalized spacial score (nSPS) is 11.5. The topological polar surface area (TPSA) is 36.9 Å². The first-order valence-electron chi connectivity index (χ1n) is 45.8. The van der Waals surface area contributed by atoms with E-state index in [1.54, 1.807) is 52.0 Å². The third-order valence-electron chi connectivity index (χ3n) is 23.5. The molecule has 0 atom stereocenters. The van der Waals surface area contributed by atoms with Crippen molar-refractivity contribution in [1.29, 1.82) is 0 Å². The predicted octanol–water partition coefficient (Wildman–Crippen LogP) is 36.1. The molecule has 4 nitrogen and oxygen atoms in total. The molecular formula is C118H96F20O4. The van der Waals surface area contributed by atoms with Crippen molar-refractivity contribution in [1.82, 2.24) is 0 Å². The Morgan fingerprint density at radius 1 is 0.183 bits per heavy atom. The molecule has 0 saturated carbocycles. The molecule has 0 aromatic heterocycles. The van der Waals surface area contributed by atoms with Gasteiger partial charge in [0.2, 0.25) is 0 Å². The lowest BCUT2D eigenvalue weighted by molar-refractivity contribution is -0.190. The summed E-state index contributed by atoms with van der Waals surface area (Å²) >= 11 is 0. The Kier molecular flexibility index (Phi) is 34.0. The minimum atomic E-state index is -4.27. The van der Waals surface area contributed by atoms with Crippen LogP contribution in [-0.2, 0) is 50.1 Å². The Morgan fingerprint density at radius 3 is 0.570 bits per heavy atom. The molecule has 0 aliphatic heterocycles. The van der Waals surface area contributed by atoms with Crippen LogP contribution in [0.4, 0.5) is 87.8 Å². The van der Waals surface area contributed by atoms with Crippen LogP contribution in [0.15, 0.2) is 315 Å². The molecule has 0 unspecified atom stereocenters. The van der Waals surface area contributed by atoms with Crippen LogP contribution in [0.25, 0.3) is 89.0 Å². The molecule has 0 heterocycles. The van der Waals surface area contributed by atoms with Crippen molar-refractivity contribution < 1.29 is 107 Å². The van der Waals surface area contributed by atoms with Crippen LogP contribution >= 0.6 is 0 Å². The van der Waals surface area contributed by atoms with Gasteiger partial charge in [-0.2, -0.15) is 35.1 Å². The fraction of sp³-hybridized carbons (Fsp3) is 0.186. The first-order chi connectivity index (χ1) is 67.7. The number of unbranched alkanes of at least 4 members (excludes halogenated alkanes) is 3. The molecule has 0 aliphatic carbocycles. The summed E-state index contributed by atoms with van der Waals surface area (Å²) in [5, 5.41) is 0. The van der Waals surface area contributed by atoms with Crippen molar-refractivity contribution in [3.63, 3.8) is 0 Å². The minimum absolute atomic E-state index is 0.105. The van der Waals surface area contributed by atoms with Crippen LogP contribution in [0.5, 0.6) is 23.0 Å². The van der Waals surface area contributed by atoms with Gasteiger partial charge in [0.25, 0.3) is 0 Å². The molecule has 0 aliphatic rings. The molecular weight excluding hydrogens is 1860 g/mol. The smallest absolute Gasteiger partial charge is 0.429 e. The van der Waals surface area contributed by atoms with Crippen molar-refractivity contribution in [2.24, 2.45) is 0 Å².